The predicted octanol–water partition coefficient (Wildman–Crippen LogP) is 1.01. The van der Waals surface area contributed by atoms with Crippen LogP contribution in [0.15, 0.2) is 28.8 Å². The van der Waals surface area contributed by atoms with Crippen LogP contribution >= 0.6 is 0 Å². The Morgan fingerprint density at radius 3 is 2.53 bits per heavy atom. The highest BCUT2D eigenvalue weighted by Gasteiger charge is 2.12. The van der Waals surface area contributed by atoms with E-state index in [2.05, 4.69) is 15.5 Å². The van der Waals surface area contributed by atoms with Crippen molar-refractivity contribution in [3.8, 4) is 0 Å². The fraction of sp³-hybridized carbons (Fsp3) is 0.167. The number of carboxylic acid groups (broad SMARTS) is 1. The van der Waals surface area contributed by atoms with Gasteiger partial charge in [0.15, 0.2) is 0 Å². The molecular weight excluding hydrogens is 250 g/mol. The van der Waals surface area contributed by atoms with Crippen LogP contribution in [-0.2, 0) is 6.54 Å². The van der Waals surface area contributed by atoms with Crippen molar-refractivity contribution in [2.24, 2.45) is 0 Å². The van der Waals surface area contributed by atoms with Gasteiger partial charge in [-0.2, -0.15) is 4.98 Å². The van der Waals surface area contributed by atoms with Crippen LogP contribution in [0.1, 0.15) is 32.4 Å². The zero-order chi connectivity index (χ0) is 13.8. The molecule has 0 fully saturated rings. The van der Waals surface area contributed by atoms with Crippen LogP contribution in [0, 0.1) is 6.92 Å². The second-order valence-corrected chi connectivity index (χ2v) is 3.82. The zero-order valence-corrected chi connectivity index (χ0v) is 10.1. The SMILES string of the molecule is Cc1nc(C(=O)NCc2ccc(C(=O)O)cc2)no1. The Kier molecular flexibility index (Phi) is 3.56. The fourth-order valence-corrected chi connectivity index (χ4v) is 1.42. The van der Waals surface area contributed by atoms with E-state index in [9.17, 15) is 9.59 Å². The standard InChI is InChI=1S/C12H11N3O4/c1-7-14-10(15-19-7)11(16)13-6-8-2-4-9(5-3-8)12(17)18/h2-5H,6H2,1H3,(H,13,16)(H,17,18). The molecule has 1 aromatic heterocycles. The van der Waals surface area contributed by atoms with Crippen molar-refractivity contribution in [2.75, 3.05) is 0 Å². The average molecular weight is 261 g/mol. The fourth-order valence-electron chi connectivity index (χ4n) is 1.42. The van der Waals surface area contributed by atoms with Crippen molar-refractivity contribution in [1.29, 1.82) is 0 Å². The molecule has 1 heterocycles. The van der Waals surface area contributed by atoms with Crippen molar-refractivity contribution in [3.63, 3.8) is 0 Å². The first-order valence-electron chi connectivity index (χ1n) is 5.47. The summed E-state index contributed by atoms with van der Waals surface area (Å²) >= 11 is 0. The van der Waals surface area contributed by atoms with Crippen LogP contribution in [0.2, 0.25) is 0 Å². The molecule has 98 valence electrons. The first-order chi connectivity index (χ1) is 9.06. The molecule has 0 aliphatic rings. The summed E-state index contributed by atoms with van der Waals surface area (Å²) in [4.78, 5) is 26.1. The number of nitrogens with one attached hydrogen (secondary N) is 1. The molecule has 0 bridgehead atoms. The highest BCUT2D eigenvalue weighted by atomic mass is 16.5. The number of rotatable bonds is 4. The number of carbonyl (C=O) groups excluding carboxylic acids is 1. The second kappa shape index (κ2) is 5.30. The molecule has 0 saturated carbocycles. The van der Waals surface area contributed by atoms with Gasteiger partial charge in [0.2, 0.25) is 5.89 Å². The molecule has 2 N–H and O–H groups in total. The smallest absolute Gasteiger partial charge is 0.335 e. The molecule has 7 nitrogen and oxygen atoms in total. The summed E-state index contributed by atoms with van der Waals surface area (Å²) in [7, 11) is 0. The Bertz CT molecular complexity index is 604. The van der Waals surface area contributed by atoms with E-state index < -0.39 is 11.9 Å². The van der Waals surface area contributed by atoms with Crippen LogP contribution in [0.5, 0.6) is 0 Å². The topological polar surface area (TPSA) is 105 Å². The lowest BCUT2D eigenvalue weighted by atomic mass is 10.1. The normalized spacial score (nSPS) is 10.2. The molecule has 0 saturated heterocycles. The lowest BCUT2D eigenvalue weighted by molar-refractivity contribution is 0.0696. The van der Waals surface area contributed by atoms with E-state index in [1.165, 1.54) is 12.1 Å². The highest BCUT2D eigenvalue weighted by molar-refractivity contribution is 5.90. The highest BCUT2D eigenvalue weighted by Crippen LogP contribution is 2.04. The zero-order valence-electron chi connectivity index (χ0n) is 10.1. The quantitative estimate of drug-likeness (QED) is 0.850. The van der Waals surface area contributed by atoms with E-state index >= 15 is 0 Å². The number of benzene rings is 1. The van der Waals surface area contributed by atoms with Gasteiger partial charge in [0.25, 0.3) is 11.7 Å². The third-order valence-electron chi connectivity index (χ3n) is 2.38. The number of carbonyl (C=O) groups is 2. The molecular formula is C12H11N3O4. The summed E-state index contributed by atoms with van der Waals surface area (Å²) in [6.07, 6.45) is 0. The molecule has 19 heavy (non-hydrogen) atoms. The molecule has 0 spiro atoms. The summed E-state index contributed by atoms with van der Waals surface area (Å²) in [6.45, 7) is 1.85. The van der Waals surface area contributed by atoms with E-state index in [4.69, 9.17) is 9.63 Å². The van der Waals surface area contributed by atoms with E-state index in [-0.39, 0.29) is 17.9 Å². The number of aryl methyl sites for hydroxylation is 1. The molecule has 2 rings (SSSR count). The maximum absolute atomic E-state index is 11.6. The van der Waals surface area contributed by atoms with Gasteiger partial charge in [-0.15, -0.1) is 0 Å². The van der Waals surface area contributed by atoms with E-state index in [0.29, 0.717) is 5.89 Å². The summed E-state index contributed by atoms with van der Waals surface area (Å²) in [5, 5.41) is 14.8. The van der Waals surface area contributed by atoms with Crippen LogP contribution in [0.4, 0.5) is 0 Å². The van der Waals surface area contributed by atoms with Gasteiger partial charge in [0.05, 0.1) is 5.56 Å². The van der Waals surface area contributed by atoms with Gasteiger partial charge < -0.3 is 14.9 Å². The van der Waals surface area contributed by atoms with Crippen molar-refractivity contribution in [2.45, 2.75) is 13.5 Å². The maximum Gasteiger partial charge on any atom is 0.335 e. The number of carboxylic acids is 1. The first kappa shape index (κ1) is 12.7. The minimum Gasteiger partial charge on any atom is -0.478 e. The van der Waals surface area contributed by atoms with Gasteiger partial charge in [-0.05, 0) is 17.7 Å². The lowest BCUT2D eigenvalue weighted by Crippen LogP contribution is -2.24. The second-order valence-electron chi connectivity index (χ2n) is 3.82. The number of hydrogen-bond acceptors (Lipinski definition) is 5. The number of amides is 1. The number of hydrogen-bond donors (Lipinski definition) is 2. The Hall–Kier alpha value is -2.70. The summed E-state index contributed by atoms with van der Waals surface area (Å²) in [5.74, 6) is -1.15. The summed E-state index contributed by atoms with van der Waals surface area (Å²) < 4.78 is 4.69. The van der Waals surface area contributed by atoms with Gasteiger partial charge >= 0.3 is 5.97 Å². The molecule has 1 amide bonds. The predicted molar refractivity (Wildman–Crippen MR) is 63.6 cm³/mol. The molecule has 0 aliphatic carbocycles. The number of nitrogens with zero attached hydrogens (tertiary/aromatic N) is 2. The van der Waals surface area contributed by atoms with Gasteiger partial charge in [0, 0.05) is 13.5 Å². The number of aromatic nitrogens is 2. The van der Waals surface area contributed by atoms with Crippen LogP contribution < -0.4 is 5.32 Å². The Morgan fingerprint density at radius 1 is 1.32 bits per heavy atom. The Labute approximate surface area is 108 Å². The maximum atomic E-state index is 11.6. The van der Waals surface area contributed by atoms with Crippen LogP contribution in [0.25, 0.3) is 0 Å². The molecule has 0 unspecified atom stereocenters. The molecule has 2 aromatic rings. The summed E-state index contributed by atoms with van der Waals surface area (Å²) in [5.41, 5.74) is 0.974. The Balaban J connectivity index is 1.95. The Morgan fingerprint density at radius 2 is 2.00 bits per heavy atom. The third kappa shape index (κ3) is 3.15. The van der Waals surface area contributed by atoms with E-state index in [1.54, 1.807) is 19.1 Å². The third-order valence-corrected chi connectivity index (χ3v) is 2.38. The van der Waals surface area contributed by atoms with Crippen molar-refractivity contribution < 1.29 is 19.2 Å². The molecule has 0 radical (unpaired) electrons. The van der Waals surface area contributed by atoms with Gasteiger partial charge in [-0.25, -0.2) is 4.79 Å². The van der Waals surface area contributed by atoms with Crippen LogP contribution in [0.3, 0.4) is 0 Å². The molecule has 0 aliphatic heterocycles. The largest absolute Gasteiger partial charge is 0.478 e. The van der Waals surface area contributed by atoms with Crippen LogP contribution in [-0.4, -0.2) is 27.1 Å². The van der Waals surface area contributed by atoms with E-state index in [0.717, 1.165) is 5.56 Å². The monoisotopic (exact) mass is 261 g/mol. The van der Waals surface area contributed by atoms with E-state index in [1.807, 2.05) is 0 Å². The minimum atomic E-state index is -0.988. The lowest BCUT2D eigenvalue weighted by Gasteiger charge is -2.03. The molecule has 0 atom stereocenters. The van der Waals surface area contributed by atoms with Crippen molar-refractivity contribution in [1.82, 2.24) is 15.5 Å². The van der Waals surface area contributed by atoms with Gasteiger partial charge in [0.1, 0.15) is 0 Å². The average Bonchev–Trinajstić information content (AvgIpc) is 2.83. The summed E-state index contributed by atoms with van der Waals surface area (Å²) in [6, 6.07) is 6.21. The molecule has 1 aromatic carbocycles. The minimum absolute atomic E-state index is 0.0281. The number of aromatic carboxylic acids is 1. The first-order valence-corrected chi connectivity index (χ1v) is 5.47. The molecule has 7 heteroatoms. The van der Waals surface area contributed by atoms with Crippen molar-refractivity contribution in [3.05, 3.63) is 47.1 Å². The van der Waals surface area contributed by atoms with Gasteiger partial charge in [-0.3, -0.25) is 4.79 Å². The van der Waals surface area contributed by atoms with Gasteiger partial charge in [-0.1, -0.05) is 17.3 Å². The van der Waals surface area contributed by atoms with Crippen molar-refractivity contribution >= 4 is 11.9 Å².